The summed E-state index contributed by atoms with van der Waals surface area (Å²) in [5, 5.41) is 4.15. The fourth-order valence-electron chi connectivity index (χ4n) is 2.61. The van der Waals surface area contributed by atoms with Gasteiger partial charge >= 0.3 is 0 Å². The van der Waals surface area contributed by atoms with Gasteiger partial charge in [0.15, 0.2) is 0 Å². The molecule has 21 heavy (non-hydrogen) atoms. The molecule has 0 aliphatic carbocycles. The van der Waals surface area contributed by atoms with Crippen LogP contribution in [0.3, 0.4) is 0 Å². The number of nitrogens with zero attached hydrogens (tertiary/aromatic N) is 3. The minimum absolute atomic E-state index is 0.167. The van der Waals surface area contributed by atoms with E-state index < -0.39 is 0 Å². The number of rotatable bonds is 5. The average Bonchev–Trinajstić information content (AvgIpc) is 2.44. The Morgan fingerprint density at radius 1 is 1.38 bits per heavy atom. The van der Waals surface area contributed by atoms with Crippen LogP contribution in [0.15, 0.2) is 12.3 Å². The van der Waals surface area contributed by atoms with E-state index in [1.165, 1.54) is 0 Å². The van der Waals surface area contributed by atoms with Crippen LogP contribution in [0.4, 0.5) is 5.82 Å². The molecule has 1 aliphatic rings. The topological polar surface area (TPSA) is 31.4 Å². The molecule has 0 unspecified atom stereocenters. The Morgan fingerprint density at radius 3 is 2.81 bits per heavy atom. The highest BCUT2D eigenvalue weighted by molar-refractivity contribution is 6.31. The first kappa shape index (κ1) is 16.5. The zero-order valence-corrected chi connectivity index (χ0v) is 14.4. The summed E-state index contributed by atoms with van der Waals surface area (Å²) in [5.41, 5.74) is 1.30. The van der Waals surface area contributed by atoms with Crippen LogP contribution in [-0.2, 0) is 6.54 Å². The van der Waals surface area contributed by atoms with Gasteiger partial charge in [0.2, 0.25) is 0 Å². The van der Waals surface area contributed by atoms with Crippen LogP contribution < -0.4 is 10.2 Å². The first-order valence-electron chi connectivity index (χ1n) is 7.75. The van der Waals surface area contributed by atoms with Gasteiger partial charge in [-0.2, -0.15) is 0 Å². The number of anilines is 1. The summed E-state index contributed by atoms with van der Waals surface area (Å²) < 4.78 is 0. The Balaban J connectivity index is 2.11. The van der Waals surface area contributed by atoms with Crippen molar-refractivity contribution in [3.8, 4) is 0 Å². The van der Waals surface area contributed by atoms with Crippen molar-refractivity contribution in [2.75, 3.05) is 38.1 Å². The highest BCUT2D eigenvalue weighted by Crippen LogP contribution is 2.25. The summed E-state index contributed by atoms with van der Waals surface area (Å²) in [6, 6.07) is 2.13. The van der Waals surface area contributed by atoms with Crippen LogP contribution in [0.2, 0.25) is 5.02 Å². The summed E-state index contributed by atoms with van der Waals surface area (Å²) in [5.74, 6) is 1.04. The van der Waals surface area contributed by atoms with Gasteiger partial charge in [-0.25, -0.2) is 4.98 Å². The SMILES string of the molecule is CCCNCc1cc(N2CCN(C)C(C)(C)C2)ncc1Cl. The molecule has 2 heterocycles. The average molecular weight is 311 g/mol. The Kier molecular flexibility index (Phi) is 5.47. The van der Waals surface area contributed by atoms with Gasteiger partial charge in [0.05, 0.1) is 5.02 Å². The van der Waals surface area contributed by atoms with Crippen LogP contribution in [0.1, 0.15) is 32.8 Å². The standard InChI is InChI=1S/C16H27ClN4/c1-5-6-18-10-13-9-15(19-11-14(13)17)21-8-7-20(4)16(2,3)12-21/h9,11,18H,5-8,10,12H2,1-4H3. The maximum Gasteiger partial charge on any atom is 0.129 e. The van der Waals surface area contributed by atoms with Crippen molar-refractivity contribution in [3.05, 3.63) is 22.8 Å². The molecule has 1 aromatic rings. The van der Waals surface area contributed by atoms with E-state index in [9.17, 15) is 0 Å². The molecule has 1 aromatic heterocycles. The molecule has 118 valence electrons. The lowest BCUT2D eigenvalue weighted by Gasteiger charge is -2.45. The zero-order chi connectivity index (χ0) is 15.5. The molecule has 0 aromatic carbocycles. The number of halogens is 1. The lowest BCUT2D eigenvalue weighted by Crippen LogP contribution is -2.57. The fraction of sp³-hybridized carbons (Fsp3) is 0.688. The highest BCUT2D eigenvalue weighted by atomic mass is 35.5. The second-order valence-electron chi connectivity index (χ2n) is 6.47. The third-order valence-corrected chi connectivity index (χ3v) is 4.64. The molecule has 2 rings (SSSR count). The van der Waals surface area contributed by atoms with Crippen molar-refractivity contribution in [1.29, 1.82) is 0 Å². The summed E-state index contributed by atoms with van der Waals surface area (Å²) in [6.45, 7) is 11.6. The molecule has 1 saturated heterocycles. The summed E-state index contributed by atoms with van der Waals surface area (Å²) in [6.07, 6.45) is 2.91. The first-order valence-corrected chi connectivity index (χ1v) is 8.13. The number of pyridine rings is 1. The monoisotopic (exact) mass is 310 g/mol. The van der Waals surface area contributed by atoms with Crippen LogP contribution in [0, 0.1) is 0 Å². The minimum Gasteiger partial charge on any atom is -0.353 e. The number of likely N-dealkylation sites (N-methyl/N-ethyl adjacent to an activating group) is 1. The van der Waals surface area contributed by atoms with Crippen LogP contribution in [0.25, 0.3) is 0 Å². The van der Waals surface area contributed by atoms with Crippen molar-refractivity contribution in [3.63, 3.8) is 0 Å². The lowest BCUT2D eigenvalue weighted by atomic mass is 10.00. The quantitative estimate of drug-likeness (QED) is 0.847. The second-order valence-corrected chi connectivity index (χ2v) is 6.87. The molecule has 1 fully saturated rings. The van der Waals surface area contributed by atoms with Gasteiger partial charge < -0.3 is 10.2 Å². The molecule has 1 N–H and O–H groups in total. The number of hydrogen-bond acceptors (Lipinski definition) is 4. The molecular weight excluding hydrogens is 284 g/mol. The lowest BCUT2D eigenvalue weighted by molar-refractivity contribution is 0.138. The van der Waals surface area contributed by atoms with E-state index in [1.54, 1.807) is 6.20 Å². The molecule has 4 nitrogen and oxygen atoms in total. The molecule has 0 atom stereocenters. The second kappa shape index (κ2) is 6.95. The van der Waals surface area contributed by atoms with E-state index >= 15 is 0 Å². The summed E-state index contributed by atoms with van der Waals surface area (Å²) in [7, 11) is 2.19. The number of nitrogens with one attached hydrogen (secondary N) is 1. The molecule has 0 spiro atoms. The molecule has 5 heteroatoms. The van der Waals surface area contributed by atoms with Crippen molar-refractivity contribution >= 4 is 17.4 Å². The third kappa shape index (κ3) is 4.09. The van der Waals surface area contributed by atoms with Crippen LogP contribution in [-0.4, -0.2) is 48.6 Å². The van der Waals surface area contributed by atoms with E-state index in [0.717, 1.165) is 55.5 Å². The number of piperazine rings is 1. The van der Waals surface area contributed by atoms with Crippen molar-refractivity contribution < 1.29 is 0 Å². The van der Waals surface area contributed by atoms with Crippen molar-refractivity contribution in [1.82, 2.24) is 15.2 Å². The van der Waals surface area contributed by atoms with E-state index in [2.05, 4.69) is 54.0 Å². The maximum absolute atomic E-state index is 6.26. The van der Waals surface area contributed by atoms with Gasteiger partial charge in [0, 0.05) is 37.9 Å². The molecule has 1 aliphatic heterocycles. The summed E-state index contributed by atoms with van der Waals surface area (Å²) in [4.78, 5) is 9.30. The van der Waals surface area contributed by atoms with Crippen LogP contribution >= 0.6 is 11.6 Å². The van der Waals surface area contributed by atoms with Gasteiger partial charge in [-0.1, -0.05) is 18.5 Å². The molecule has 0 amide bonds. The van der Waals surface area contributed by atoms with Gasteiger partial charge in [-0.15, -0.1) is 0 Å². The van der Waals surface area contributed by atoms with Gasteiger partial charge in [-0.3, -0.25) is 4.90 Å². The Morgan fingerprint density at radius 2 is 2.14 bits per heavy atom. The Bertz CT molecular complexity index is 475. The van der Waals surface area contributed by atoms with E-state index in [4.69, 9.17) is 11.6 Å². The Labute approximate surface area is 133 Å². The van der Waals surface area contributed by atoms with E-state index in [-0.39, 0.29) is 5.54 Å². The molecule has 0 saturated carbocycles. The van der Waals surface area contributed by atoms with E-state index in [0.29, 0.717) is 0 Å². The van der Waals surface area contributed by atoms with E-state index in [1.807, 2.05) is 0 Å². The van der Waals surface area contributed by atoms with Gasteiger partial charge in [0.1, 0.15) is 5.82 Å². The van der Waals surface area contributed by atoms with Crippen molar-refractivity contribution in [2.45, 2.75) is 39.3 Å². The number of hydrogen-bond donors (Lipinski definition) is 1. The normalized spacial score (nSPS) is 19.0. The number of aromatic nitrogens is 1. The smallest absolute Gasteiger partial charge is 0.129 e. The van der Waals surface area contributed by atoms with Gasteiger partial charge in [-0.05, 0) is 45.5 Å². The largest absolute Gasteiger partial charge is 0.353 e. The van der Waals surface area contributed by atoms with Crippen LogP contribution in [0.5, 0.6) is 0 Å². The third-order valence-electron chi connectivity index (χ3n) is 4.30. The molecule has 0 radical (unpaired) electrons. The van der Waals surface area contributed by atoms with Crippen molar-refractivity contribution in [2.24, 2.45) is 0 Å². The van der Waals surface area contributed by atoms with Gasteiger partial charge in [0.25, 0.3) is 0 Å². The maximum atomic E-state index is 6.26. The molecule has 0 bridgehead atoms. The predicted molar refractivity (Wildman–Crippen MR) is 90.2 cm³/mol. The first-order chi connectivity index (χ1) is 9.94. The summed E-state index contributed by atoms with van der Waals surface area (Å²) >= 11 is 6.26. The highest BCUT2D eigenvalue weighted by Gasteiger charge is 2.31. The predicted octanol–water partition coefficient (Wildman–Crippen LogP) is 2.77. The fourth-order valence-corrected chi connectivity index (χ4v) is 2.78. The minimum atomic E-state index is 0.167. The Hall–Kier alpha value is -0.840. The molecular formula is C16H27ClN4. The zero-order valence-electron chi connectivity index (χ0n) is 13.6.